The van der Waals surface area contributed by atoms with Crippen molar-refractivity contribution in [3.8, 4) is 16.9 Å². The van der Waals surface area contributed by atoms with Crippen molar-refractivity contribution in [1.29, 1.82) is 0 Å². The van der Waals surface area contributed by atoms with Crippen LogP contribution in [0.25, 0.3) is 11.1 Å². The van der Waals surface area contributed by atoms with Gasteiger partial charge in [-0.3, -0.25) is 0 Å². The lowest BCUT2D eigenvalue weighted by atomic mass is 10.0. The zero-order chi connectivity index (χ0) is 12.4. The van der Waals surface area contributed by atoms with Gasteiger partial charge in [-0.2, -0.15) is 0 Å². The third-order valence-corrected chi connectivity index (χ3v) is 2.68. The number of benzene rings is 2. The highest BCUT2D eigenvalue weighted by Gasteiger charge is 2.09. The highest BCUT2D eigenvalue weighted by atomic mass is 19.1. The molecule has 2 aromatic rings. The molecule has 0 aliphatic heterocycles. The van der Waals surface area contributed by atoms with E-state index in [1.165, 1.54) is 13.2 Å². The molecule has 0 atom stereocenters. The van der Waals surface area contributed by atoms with Crippen molar-refractivity contribution in [2.75, 3.05) is 12.8 Å². The van der Waals surface area contributed by atoms with Gasteiger partial charge in [0.2, 0.25) is 0 Å². The van der Waals surface area contributed by atoms with Crippen LogP contribution in [0.1, 0.15) is 5.56 Å². The van der Waals surface area contributed by atoms with E-state index in [1.807, 2.05) is 19.1 Å². The van der Waals surface area contributed by atoms with Crippen LogP contribution in [0.2, 0.25) is 0 Å². The number of ether oxygens (including phenoxy) is 1. The molecule has 0 unspecified atom stereocenters. The molecule has 0 heterocycles. The van der Waals surface area contributed by atoms with Crippen molar-refractivity contribution in [2.45, 2.75) is 6.92 Å². The maximum absolute atomic E-state index is 13.9. The second kappa shape index (κ2) is 4.45. The Labute approximate surface area is 99.8 Å². The Morgan fingerprint density at radius 1 is 1.06 bits per heavy atom. The zero-order valence-corrected chi connectivity index (χ0v) is 9.83. The summed E-state index contributed by atoms with van der Waals surface area (Å²) in [6, 6.07) is 10.3. The molecule has 0 fully saturated rings. The number of hydrogen-bond donors (Lipinski definition) is 1. The average Bonchev–Trinajstić information content (AvgIpc) is 2.32. The van der Waals surface area contributed by atoms with Gasteiger partial charge in [-0.05, 0) is 31.2 Å². The van der Waals surface area contributed by atoms with Crippen LogP contribution < -0.4 is 10.5 Å². The van der Waals surface area contributed by atoms with Crippen LogP contribution in [0.5, 0.6) is 5.75 Å². The Hall–Kier alpha value is -2.03. The topological polar surface area (TPSA) is 35.2 Å². The average molecular weight is 231 g/mol. The van der Waals surface area contributed by atoms with Crippen LogP contribution in [0.4, 0.5) is 10.1 Å². The molecule has 0 spiro atoms. The fourth-order valence-corrected chi connectivity index (χ4v) is 1.74. The van der Waals surface area contributed by atoms with Crippen molar-refractivity contribution in [3.05, 3.63) is 47.8 Å². The first kappa shape index (κ1) is 11.5. The summed E-state index contributed by atoms with van der Waals surface area (Å²) in [7, 11) is 1.51. The predicted molar refractivity (Wildman–Crippen MR) is 67.5 cm³/mol. The molecule has 88 valence electrons. The third-order valence-electron chi connectivity index (χ3n) is 2.68. The molecule has 0 aromatic heterocycles. The monoisotopic (exact) mass is 231 g/mol. The molecule has 0 amide bonds. The van der Waals surface area contributed by atoms with E-state index in [4.69, 9.17) is 10.5 Å². The van der Waals surface area contributed by atoms with Gasteiger partial charge in [0, 0.05) is 22.9 Å². The van der Waals surface area contributed by atoms with E-state index >= 15 is 0 Å². The lowest BCUT2D eigenvalue weighted by Crippen LogP contribution is -1.94. The van der Waals surface area contributed by atoms with E-state index in [-0.39, 0.29) is 5.82 Å². The number of halogens is 1. The minimum atomic E-state index is -0.332. The summed E-state index contributed by atoms with van der Waals surface area (Å²) in [5, 5.41) is 0. The lowest BCUT2D eigenvalue weighted by molar-refractivity contribution is 0.411. The van der Waals surface area contributed by atoms with Gasteiger partial charge >= 0.3 is 0 Å². The fourth-order valence-electron chi connectivity index (χ4n) is 1.74. The number of aryl methyl sites for hydroxylation is 1. The first-order valence-electron chi connectivity index (χ1n) is 5.32. The fraction of sp³-hybridized carbons (Fsp3) is 0.143. The summed E-state index contributed by atoms with van der Waals surface area (Å²) in [5.41, 5.74) is 8.68. The quantitative estimate of drug-likeness (QED) is 0.804. The Morgan fingerprint density at radius 3 is 2.47 bits per heavy atom. The molecule has 2 N–H and O–H groups in total. The molecule has 3 heteroatoms. The van der Waals surface area contributed by atoms with E-state index < -0.39 is 0 Å². The number of anilines is 1. The smallest absolute Gasteiger partial charge is 0.134 e. The number of hydrogen-bond acceptors (Lipinski definition) is 2. The normalized spacial score (nSPS) is 10.3. The van der Waals surface area contributed by atoms with Crippen LogP contribution in [0, 0.1) is 12.7 Å². The second-order valence-corrected chi connectivity index (χ2v) is 3.94. The minimum absolute atomic E-state index is 0.332. The van der Waals surface area contributed by atoms with Gasteiger partial charge in [0.05, 0.1) is 7.11 Å². The van der Waals surface area contributed by atoms with Gasteiger partial charge in [-0.15, -0.1) is 0 Å². The van der Waals surface area contributed by atoms with Crippen LogP contribution in [-0.2, 0) is 0 Å². The molecule has 0 radical (unpaired) electrons. The minimum Gasteiger partial charge on any atom is -0.497 e. The largest absolute Gasteiger partial charge is 0.497 e. The zero-order valence-electron chi connectivity index (χ0n) is 9.83. The van der Waals surface area contributed by atoms with Crippen LogP contribution in [0.15, 0.2) is 36.4 Å². The lowest BCUT2D eigenvalue weighted by Gasteiger charge is -2.09. The molecule has 0 bridgehead atoms. The molecule has 0 saturated carbocycles. The predicted octanol–water partition coefficient (Wildman–Crippen LogP) is 3.39. The van der Waals surface area contributed by atoms with Crippen molar-refractivity contribution < 1.29 is 9.13 Å². The Balaban J connectivity index is 2.56. The summed E-state index contributed by atoms with van der Waals surface area (Å²) in [4.78, 5) is 0. The van der Waals surface area contributed by atoms with Crippen LogP contribution in [-0.4, -0.2) is 7.11 Å². The highest BCUT2D eigenvalue weighted by Crippen LogP contribution is 2.31. The first-order valence-corrected chi connectivity index (χ1v) is 5.32. The third kappa shape index (κ3) is 2.23. The molecule has 0 saturated heterocycles. The molecule has 0 aliphatic rings. The van der Waals surface area contributed by atoms with E-state index in [0.29, 0.717) is 22.6 Å². The summed E-state index contributed by atoms with van der Waals surface area (Å²) >= 11 is 0. The first-order chi connectivity index (χ1) is 8.11. The van der Waals surface area contributed by atoms with Gasteiger partial charge < -0.3 is 10.5 Å². The second-order valence-electron chi connectivity index (χ2n) is 3.94. The maximum atomic E-state index is 13.9. The maximum Gasteiger partial charge on any atom is 0.134 e. The number of nitrogen functional groups attached to an aromatic ring is 1. The van der Waals surface area contributed by atoms with E-state index in [9.17, 15) is 4.39 Å². The molecule has 17 heavy (non-hydrogen) atoms. The Kier molecular flexibility index (Phi) is 3.00. The van der Waals surface area contributed by atoms with Crippen LogP contribution in [0.3, 0.4) is 0 Å². The molecular weight excluding hydrogens is 217 g/mol. The Bertz CT molecular complexity index is 552. The van der Waals surface area contributed by atoms with Gasteiger partial charge in [0.15, 0.2) is 0 Å². The summed E-state index contributed by atoms with van der Waals surface area (Å²) in [6.45, 7) is 1.95. The number of rotatable bonds is 2. The van der Waals surface area contributed by atoms with Crippen molar-refractivity contribution in [3.63, 3.8) is 0 Å². The van der Waals surface area contributed by atoms with Gasteiger partial charge in [0.25, 0.3) is 0 Å². The summed E-state index contributed by atoms with van der Waals surface area (Å²) < 4.78 is 18.9. The van der Waals surface area contributed by atoms with E-state index in [0.717, 1.165) is 5.56 Å². The standard InChI is InChI=1S/C14H14FNO/c1-9-3-6-14(16)12(7-9)11-5-4-10(17-2)8-13(11)15/h3-8H,16H2,1-2H3. The van der Waals surface area contributed by atoms with Crippen molar-refractivity contribution >= 4 is 5.69 Å². The van der Waals surface area contributed by atoms with Gasteiger partial charge in [-0.1, -0.05) is 11.6 Å². The van der Waals surface area contributed by atoms with E-state index in [1.54, 1.807) is 18.2 Å². The number of nitrogens with two attached hydrogens (primary N) is 1. The summed E-state index contributed by atoms with van der Waals surface area (Å²) in [5.74, 6) is 0.166. The molecule has 2 aromatic carbocycles. The van der Waals surface area contributed by atoms with E-state index in [2.05, 4.69) is 0 Å². The van der Waals surface area contributed by atoms with Crippen LogP contribution >= 0.6 is 0 Å². The SMILES string of the molecule is COc1ccc(-c2cc(C)ccc2N)c(F)c1. The summed E-state index contributed by atoms with van der Waals surface area (Å²) in [6.07, 6.45) is 0. The number of methoxy groups -OCH3 is 1. The molecule has 0 aliphatic carbocycles. The van der Waals surface area contributed by atoms with Crippen molar-refractivity contribution in [2.24, 2.45) is 0 Å². The van der Waals surface area contributed by atoms with Gasteiger partial charge in [0.1, 0.15) is 11.6 Å². The molecule has 2 nitrogen and oxygen atoms in total. The van der Waals surface area contributed by atoms with Crippen molar-refractivity contribution in [1.82, 2.24) is 0 Å². The molecular formula is C14H14FNO. The molecule has 2 rings (SSSR count). The van der Waals surface area contributed by atoms with Gasteiger partial charge in [-0.25, -0.2) is 4.39 Å². The highest BCUT2D eigenvalue weighted by molar-refractivity contribution is 5.77. The Morgan fingerprint density at radius 2 is 1.82 bits per heavy atom.